The SMILES string of the molecule is CCn1c(-c2ccc(-c3c4ccccc4c(-c4ccc5c(c4)C(C)(C)c4ccccc4-5)c4ccccc34)cc2)nc2ccccc21. The smallest absolute Gasteiger partial charge is 0.141 e. The van der Waals surface area contributed by atoms with Crippen LogP contribution in [0.3, 0.4) is 0 Å². The highest BCUT2D eigenvalue weighted by molar-refractivity contribution is 6.21. The largest absolute Gasteiger partial charge is 0.324 e. The number of nitrogens with zero attached hydrogens (tertiary/aromatic N) is 2. The zero-order valence-corrected chi connectivity index (χ0v) is 26.4. The van der Waals surface area contributed by atoms with Crippen LogP contribution in [-0.4, -0.2) is 9.55 Å². The van der Waals surface area contributed by atoms with E-state index in [-0.39, 0.29) is 5.41 Å². The van der Waals surface area contributed by atoms with E-state index >= 15 is 0 Å². The number of benzene rings is 7. The Bertz CT molecular complexity index is 2420. The van der Waals surface area contributed by atoms with Gasteiger partial charge in [-0.2, -0.15) is 0 Å². The maximum Gasteiger partial charge on any atom is 0.141 e. The molecule has 0 fully saturated rings. The molecule has 1 aliphatic rings. The van der Waals surface area contributed by atoms with Gasteiger partial charge in [-0.3, -0.25) is 0 Å². The Kier molecular flexibility index (Phi) is 5.86. The van der Waals surface area contributed by atoms with E-state index in [1.165, 1.54) is 71.6 Å². The molecule has 0 unspecified atom stereocenters. The van der Waals surface area contributed by atoms with Crippen LogP contribution in [0, 0.1) is 0 Å². The number of rotatable bonds is 4. The summed E-state index contributed by atoms with van der Waals surface area (Å²) in [6.07, 6.45) is 0. The number of hydrogen-bond donors (Lipinski definition) is 0. The van der Waals surface area contributed by atoms with E-state index in [4.69, 9.17) is 4.98 Å². The summed E-state index contributed by atoms with van der Waals surface area (Å²) in [5.41, 5.74) is 13.9. The van der Waals surface area contributed by atoms with E-state index < -0.39 is 0 Å². The van der Waals surface area contributed by atoms with Gasteiger partial charge in [0.15, 0.2) is 0 Å². The molecule has 0 radical (unpaired) electrons. The van der Waals surface area contributed by atoms with Crippen molar-refractivity contribution in [1.29, 1.82) is 0 Å². The van der Waals surface area contributed by atoms with Gasteiger partial charge in [0.05, 0.1) is 11.0 Å². The first kappa shape index (κ1) is 26.9. The fraction of sp³-hybridized carbons (Fsp3) is 0.114. The second-order valence-electron chi connectivity index (χ2n) is 13.0. The number of fused-ring (bicyclic) bond motifs is 6. The molecular formula is C44H34N2. The lowest BCUT2D eigenvalue weighted by Crippen LogP contribution is -2.14. The first-order chi connectivity index (χ1) is 22.5. The van der Waals surface area contributed by atoms with Crippen molar-refractivity contribution in [3.63, 3.8) is 0 Å². The normalized spacial score (nSPS) is 13.4. The summed E-state index contributed by atoms with van der Waals surface area (Å²) < 4.78 is 2.31. The molecule has 8 aromatic rings. The minimum atomic E-state index is -0.0480. The molecule has 0 aliphatic heterocycles. The molecule has 0 amide bonds. The fourth-order valence-electron chi connectivity index (χ4n) is 8.01. The second kappa shape index (κ2) is 10.0. The third kappa shape index (κ3) is 3.80. The van der Waals surface area contributed by atoms with Crippen LogP contribution in [0.4, 0.5) is 0 Å². The van der Waals surface area contributed by atoms with Crippen molar-refractivity contribution in [1.82, 2.24) is 9.55 Å². The molecule has 0 spiro atoms. The first-order valence-corrected chi connectivity index (χ1v) is 16.3. The van der Waals surface area contributed by atoms with Gasteiger partial charge in [-0.1, -0.05) is 135 Å². The molecule has 2 heteroatoms. The van der Waals surface area contributed by atoms with E-state index in [0.717, 1.165) is 23.4 Å². The second-order valence-corrected chi connectivity index (χ2v) is 13.0. The van der Waals surface area contributed by atoms with Crippen LogP contribution in [0.5, 0.6) is 0 Å². The van der Waals surface area contributed by atoms with E-state index in [0.29, 0.717) is 0 Å². The molecule has 0 saturated carbocycles. The van der Waals surface area contributed by atoms with Crippen LogP contribution in [0.25, 0.3) is 77.3 Å². The summed E-state index contributed by atoms with van der Waals surface area (Å²) in [5, 5.41) is 5.10. The Morgan fingerprint density at radius 1 is 0.522 bits per heavy atom. The van der Waals surface area contributed by atoms with Gasteiger partial charge in [0.1, 0.15) is 5.82 Å². The van der Waals surface area contributed by atoms with Gasteiger partial charge in [0.2, 0.25) is 0 Å². The zero-order chi connectivity index (χ0) is 31.0. The molecule has 220 valence electrons. The number of aryl methyl sites for hydroxylation is 1. The standard InChI is InChI=1S/C44H34N2/c1-4-46-40-20-12-11-19-39(40)45-43(46)29-23-21-28(22-24-29)41-33-14-5-7-16-35(33)42(36-17-8-6-15-34(36)41)30-25-26-32-31-13-9-10-18-37(31)44(2,3)38(32)27-30/h5-27H,4H2,1-3H3. The Balaban J connectivity index is 1.24. The third-order valence-electron chi connectivity index (χ3n) is 10.2. The van der Waals surface area contributed by atoms with Crippen LogP contribution >= 0.6 is 0 Å². The zero-order valence-electron chi connectivity index (χ0n) is 26.4. The molecule has 7 aromatic carbocycles. The molecular weight excluding hydrogens is 556 g/mol. The molecule has 1 aliphatic carbocycles. The molecule has 0 atom stereocenters. The Hall–Kier alpha value is -5.47. The van der Waals surface area contributed by atoms with Crippen LogP contribution in [0.15, 0.2) is 140 Å². The quantitative estimate of drug-likeness (QED) is 0.186. The van der Waals surface area contributed by atoms with Crippen molar-refractivity contribution in [2.45, 2.75) is 32.7 Å². The fourth-order valence-corrected chi connectivity index (χ4v) is 8.01. The summed E-state index contributed by atoms with van der Waals surface area (Å²) in [6.45, 7) is 7.78. The summed E-state index contributed by atoms with van der Waals surface area (Å²) in [6, 6.07) is 51.3. The summed E-state index contributed by atoms with van der Waals surface area (Å²) in [7, 11) is 0. The van der Waals surface area contributed by atoms with Gasteiger partial charge >= 0.3 is 0 Å². The van der Waals surface area contributed by atoms with Gasteiger partial charge in [-0.05, 0) is 91.2 Å². The van der Waals surface area contributed by atoms with Crippen LogP contribution in [0.2, 0.25) is 0 Å². The average molecular weight is 591 g/mol. The molecule has 0 bridgehead atoms. The van der Waals surface area contributed by atoms with Crippen LogP contribution in [0.1, 0.15) is 31.9 Å². The maximum atomic E-state index is 5.01. The van der Waals surface area contributed by atoms with Crippen molar-refractivity contribution in [2.75, 3.05) is 0 Å². The predicted octanol–water partition coefficient (Wildman–Crippen LogP) is 11.7. The lowest BCUT2D eigenvalue weighted by molar-refractivity contribution is 0.660. The van der Waals surface area contributed by atoms with Crippen molar-refractivity contribution < 1.29 is 0 Å². The molecule has 0 N–H and O–H groups in total. The monoisotopic (exact) mass is 590 g/mol. The van der Waals surface area contributed by atoms with Crippen molar-refractivity contribution >= 4 is 32.6 Å². The van der Waals surface area contributed by atoms with E-state index in [1.807, 2.05) is 0 Å². The van der Waals surface area contributed by atoms with E-state index in [9.17, 15) is 0 Å². The molecule has 0 saturated heterocycles. The van der Waals surface area contributed by atoms with Crippen LogP contribution in [-0.2, 0) is 12.0 Å². The lowest BCUT2D eigenvalue weighted by atomic mass is 9.80. The van der Waals surface area contributed by atoms with Gasteiger partial charge in [-0.15, -0.1) is 0 Å². The number of hydrogen-bond acceptors (Lipinski definition) is 1. The lowest BCUT2D eigenvalue weighted by Gasteiger charge is -2.23. The Morgan fingerprint density at radius 3 is 1.72 bits per heavy atom. The van der Waals surface area contributed by atoms with E-state index in [1.54, 1.807) is 0 Å². The minimum Gasteiger partial charge on any atom is -0.324 e. The minimum absolute atomic E-state index is 0.0480. The molecule has 9 rings (SSSR count). The highest BCUT2D eigenvalue weighted by Gasteiger charge is 2.35. The van der Waals surface area contributed by atoms with Gasteiger partial charge in [-0.25, -0.2) is 4.98 Å². The van der Waals surface area contributed by atoms with Gasteiger partial charge < -0.3 is 4.57 Å². The Labute approximate surface area is 269 Å². The third-order valence-corrected chi connectivity index (χ3v) is 10.2. The summed E-state index contributed by atoms with van der Waals surface area (Å²) in [4.78, 5) is 5.01. The van der Waals surface area contributed by atoms with Crippen LogP contribution < -0.4 is 0 Å². The molecule has 1 aromatic heterocycles. The molecule has 2 nitrogen and oxygen atoms in total. The van der Waals surface area contributed by atoms with Crippen molar-refractivity contribution in [3.05, 3.63) is 151 Å². The first-order valence-electron chi connectivity index (χ1n) is 16.3. The van der Waals surface area contributed by atoms with Crippen molar-refractivity contribution in [2.24, 2.45) is 0 Å². The van der Waals surface area contributed by atoms with Gasteiger partial charge in [0, 0.05) is 17.5 Å². The highest BCUT2D eigenvalue weighted by atomic mass is 15.1. The number of para-hydroxylation sites is 2. The van der Waals surface area contributed by atoms with Gasteiger partial charge in [0.25, 0.3) is 0 Å². The maximum absolute atomic E-state index is 5.01. The average Bonchev–Trinajstić information content (AvgIpc) is 3.59. The van der Waals surface area contributed by atoms with Crippen molar-refractivity contribution in [3.8, 4) is 44.8 Å². The van der Waals surface area contributed by atoms with E-state index in [2.05, 4.69) is 165 Å². The predicted molar refractivity (Wildman–Crippen MR) is 194 cm³/mol. The summed E-state index contributed by atoms with van der Waals surface area (Å²) in [5.74, 6) is 1.02. The molecule has 1 heterocycles. The topological polar surface area (TPSA) is 17.8 Å². The molecule has 46 heavy (non-hydrogen) atoms. The summed E-state index contributed by atoms with van der Waals surface area (Å²) >= 11 is 0. The Morgan fingerprint density at radius 2 is 1.04 bits per heavy atom. The number of aromatic nitrogens is 2. The highest BCUT2D eigenvalue weighted by Crippen LogP contribution is 2.51. The number of imidazole rings is 1.